The van der Waals surface area contributed by atoms with Gasteiger partial charge in [0.1, 0.15) is 0 Å². The molecule has 0 saturated carbocycles. The molecule has 0 aliphatic heterocycles. The fourth-order valence-corrected chi connectivity index (χ4v) is 2.07. The highest BCUT2D eigenvalue weighted by Crippen LogP contribution is 2.16. The number of carbonyl (C=O) groups excluding carboxylic acids is 1. The average Bonchev–Trinajstić information content (AvgIpc) is 2.77. The summed E-state index contributed by atoms with van der Waals surface area (Å²) in [5.41, 5.74) is 8.53. The van der Waals surface area contributed by atoms with Gasteiger partial charge in [-0.3, -0.25) is 4.79 Å². The molecule has 1 aromatic carbocycles. The lowest BCUT2D eigenvalue weighted by atomic mass is 10.1. The Balaban J connectivity index is 1.88. The Morgan fingerprint density at radius 2 is 2.21 bits per heavy atom. The van der Waals surface area contributed by atoms with E-state index in [9.17, 15) is 4.79 Å². The van der Waals surface area contributed by atoms with Crippen LogP contribution in [0.5, 0.6) is 0 Å². The Bertz CT molecular complexity index is 596. The Kier molecular flexibility index (Phi) is 4.06. The van der Waals surface area contributed by atoms with Crippen molar-refractivity contribution in [2.75, 3.05) is 16.8 Å². The van der Waals surface area contributed by atoms with Crippen LogP contribution < -0.4 is 11.1 Å². The van der Waals surface area contributed by atoms with Gasteiger partial charge in [0.2, 0.25) is 17.0 Å². The second-order valence-corrected chi connectivity index (χ2v) is 5.08. The standard InChI is InChI=1S/C12H15N5OS/c1-7-3-4-9(5-8(7)2)14-10(18)6-19-12-15-11(13)16-17-12/h3-5H,6H2,1-2H3,(H,14,18)(H3,13,15,16,17). The number of nitrogens with one attached hydrogen (secondary N) is 2. The molecular formula is C12H15N5OS. The molecule has 1 amide bonds. The third-order valence-corrected chi connectivity index (χ3v) is 3.45. The highest BCUT2D eigenvalue weighted by atomic mass is 32.2. The first-order chi connectivity index (χ1) is 9.04. The van der Waals surface area contributed by atoms with Gasteiger partial charge in [0.25, 0.3) is 0 Å². The maximum absolute atomic E-state index is 11.8. The van der Waals surface area contributed by atoms with E-state index in [2.05, 4.69) is 20.5 Å². The van der Waals surface area contributed by atoms with Gasteiger partial charge in [0.15, 0.2) is 0 Å². The molecule has 2 rings (SSSR count). The summed E-state index contributed by atoms with van der Waals surface area (Å²) < 4.78 is 0. The second kappa shape index (κ2) is 5.75. The van der Waals surface area contributed by atoms with Crippen molar-refractivity contribution in [3.8, 4) is 0 Å². The van der Waals surface area contributed by atoms with Crippen molar-refractivity contribution in [1.29, 1.82) is 0 Å². The minimum absolute atomic E-state index is 0.100. The molecule has 1 heterocycles. The van der Waals surface area contributed by atoms with E-state index in [1.54, 1.807) is 0 Å². The first kappa shape index (κ1) is 13.4. The quantitative estimate of drug-likeness (QED) is 0.740. The summed E-state index contributed by atoms with van der Waals surface area (Å²) in [6, 6.07) is 5.81. The molecule has 2 aromatic rings. The smallest absolute Gasteiger partial charge is 0.234 e. The maximum Gasteiger partial charge on any atom is 0.234 e. The molecule has 0 aliphatic rings. The summed E-state index contributed by atoms with van der Waals surface area (Å²) in [5.74, 6) is 0.387. The predicted octanol–water partition coefficient (Wildman–Crippen LogP) is 1.73. The average molecular weight is 277 g/mol. The summed E-state index contributed by atoms with van der Waals surface area (Å²) in [4.78, 5) is 15.7. The lowest BCUT2D eigenvalue weighted by Crippen LogP contribution is -2.14. The summed E-state index contributed by atoms with van der Waals surface area (Å²) in [7, 11) is 0. The fourth-order valence-electron chi connectivity index (χ4n) is 1.47. The summed E-state index contributed by atoms with van der Waals surface area (Å²) >= 11 is 1.23. The van der Waals surface area contributed by atoms with Crippen LogP contribution in [0.25, 0.3) is 0 Å². The minimum atomic E-state index is -0.100. The van der Waals surface area contributed by atoms with Crippen LogP contribution in [0.3, 0.4) is 0 Å². The van der Waals surface area contributed by atoms with E-state index in [1.807, 2.05) is 32.0 Å². The number of aromatic nitrogens is 3. The van der Waals surface area contributed by atoms with E-state index in [0.717, 1.165) is 11.3 Å². The number of benzene rings is 1. The van der Waals surface area contributed by atoms with Gasteiger partial charge in [-0.25, -0.2) is 5.10 Å². The van der Waals surface area contributed by atoms with Crippen LogP contribution >= 0.6 is 11.8 Å². The van der Waals surface area contributed by atoms with Gasteiger partial charge in [-0.15, -0.1) is 5.10 Å². The third kappa shape index (κ3) is 3.72. The van der Waals surface area contributed by atoms with Crippen LogP contribution in [0, 0.1) is 13.8 Å². The number of nitrogen functional groups attached to an aromatic ring is 1. The molecule has 0 saturated heterocycles. The number of amides is 1. The van der Waals surface area contributed by atoms with Crippen molar-refractivity contribution in [1.82, 2.24) is 15.2 Å². The number of hydrogen-bond donors (Lipinski definition) is 3. The Morgan fingerprint density at radius 1 is 1.42 bits per heavy atom. The molecule has 0 atom stereocenters. The fraction of sp³-hybridized carbons (Fsp3) is 0.250. The first-order valence-corrected chi connectivity index (χ1v) is 6.71. The number of carbonyl (C=O) groups is 1. The van der Waals surface area contributed by atoms with E-state index >= 15 is 0 Å². The van der Waals surface area contributed by atoms with Gasteiger partial charge in [0.05, 0.1) is 5.75 Å². The number of aryl methyl sites for hydroxylation is 2. The van der Waals surface area contributed by atoms with Gasteiger partial charge in [0, 0.05) is 5.69 Å². The van der Waals surface area contributed by atoms with Crippen LogP contribution in [-0.2, 0) is 4.79 Å². The number of nitrogens with two attached hydrogens (primary N) is 1. The molecule has 6 nitrogen and oxygen atoms in total. The number of hydrogen-bond acceptors (Lipinski definition) is 5. The number of H-pyrrole nitrogens is 1. The Morgan fingerprint density at radius 3 is 2.84 bits per heavy atom. The van der Waals surface area contributed by atoms with Gasteiger partial charge < -0.3 is 11.1 Å². The lowest BCUT2D eigenvalue weighted by molar-refractivity contribution is -0.113. The Hall–Kier alpha value is -2.02. The SMILES string of the molecule is Cc1ccc(NC(=O)CSc2n[nH]c(N)n2)cc1C. The monoisotopic (exact) mass is 277 g/mol. The molecule has 0 aliphatic carbocycles. The van der Waals surface area contributed by atoms with Crippen molar-refractivity contribution in [2.45, 2.75) is 19.0 Å². The summed E-state index contributed by atoms with van der Waals surface area (Å²) in [6.45, 7) is 4.04. The van der Waals surface area contributed by atoms with Gasteiger partial charge in [-0.1, -0.05) is 17.8 Å². The zero-order valence-electron chi connectivity index (χ0n) is 10.7. The largest absolute Gasteiger partial charge is 0.368 e. The molecule has 0 spiro atoms. The lowest BCUT2D eigenvalue weighted by Gasteiger charge is -2.06. The van der Waals surface area contributed by atoms with Crippen LogP contribution in [0.15, 0.2) is 23.4 Å². The zero-order valence-corrected chi connectivity index (χ0v) is 11.5. The number of anilines is 2. The van der Waals surface area contributed by atoms with Gasteiger partial charge >= 0.3 is 0 Å². The van der Waals surface area contributed by atoms with E-state index in [1.165, 1.54) is 17.3 Å². The number of rotatable bonds is 4. The molecule has 0 bridgehead atoms. The number of nitrogens with zero attached hydrogens (tertiary/aromatic N) is 2. The predicted molar refractivity (Wildman–Crippen MR) is 76.1 cm³/mol. The van der Waals surface area contributed by atoms with E-state index in [0.29, 0.717) is 5.16 Å². The zero-order chi connectivity index (χ0) is 13.8. The van der Waals surface area contributed by atoms with Crippen LogP contribution in [0.1, 0.15) is 11.1 Å². The third-order valence-electron chi connectivity index (χ3n) is 2.61. The van der Waals surface area contributed by atoms with Crippen molar-refractivity contribution in [3.05, 3.63) is 29.3 Å². The molecule has 0 unspecified atom stereocenters. The first-order valence-electron chi connectivity index (χ1n) is 5.72. The van der Waals surface area contributed by atoms with E-state index in [-0.39, 0.29) is 17.6 Å². The van der Waals surface area contributed by atoms with Gasteiger partial charge in [-0.2, -0.15) is 4.98 Å². The second-order valence-electron chi connectivity index (χ2n) is 4.14. The highest BCUT2D eigenvalue weighted by Gasteiger charge is 2.07. The number of thioether (sulfide) groups is 1. The molecule has 100 valence electrons. The highest BCUT2D eigenvalue weighted by molar-refractivity contribution is 7.99. The van der Waals surface area contributed by atoms with E-state index in [4.69, 9.17) is 5.73 Å². The molecule has 19 heavy (non-hydrogen) atoms. The molecule has 1 aromatic heterocycles. The Labute approximate surface area is 115 Å². The van der Waals surface area contributed by atoms with Crippen molar-refractivity contribution < 1.29 is 4.79 Å². The van der Waals surface area contributed by atoms with E-state index < -0.39 is 0 Å². The summed E-state index contributed by atoms with van der Waals surface area (Å²) in [5, 5.41) is 9.66. The molecule has 4 N–H and O–H groups in total. The van der Waals surface area contributed by atoms with Crippen molar-refractivity contribution in [3.63, 3.8) is 0 Å². The van der Waals surface area contributed by atoms with Crippen LogP contribution in [0.2, 0.25) is 0 Å². The number of aromatic amines is 1. The van der Waals surface area contributed by atoms with Crippen molar-refractivity contribution in [2.24, 2.45) is 0 Å². The molecule has 0 radical (unpaired) electrons. The molecule has 0 fully saturated rings. The normalized spacial score (nSPS) is 10.4. The maximum atomic E-state index is 11.8. The topological polar surface area (TPSA) is 96.7 Å². The molecular weight excluding hydrogens is 262 g/mol. The van der Waals surface area contributed by atoms with Crippen molar-refractivity contribution >= 4 is 29.3 Å². The van der Waals surface area contributed by atoms with Crippen LogP contribution in [0.4, 0.5) is 11.6 Å². The van der Waals surface area contributed by atoms with Gasteiger partial charge in [-0.05, 0) is 37.1 Å². The summed E-state index contributed by atoms with van der Waals surface area (Å²) in [6.07, 6.45) is 0. The minimum Gasteiger partial charge on any atom is -0.368 e. The molecule has 7 heteroatoms. The van der Waals surface area contributed by atoms with Crippen LogP contribution in [-0.4, -0.2) is 26.8 Å².